The van der Waals surface area contributed by atoms with Crippen LogP contribution in [-0.2, 0) is 0 Å². The van der Waals surface area contributed by atoms with Crippen LogP contribution in [0.25, 0.3) is 6.08 Å². The molecule has 2 aliphatic rings. The topological polar surface area (TPSA) is 95.6 Å². The monoisotopic (exact) mass is 491 g/mol. The Bertz CT molecular complexity index is 1430. The van der Waals surface area contributed by atoms with Crippen molar-refractivity contribution in [3.63, 3.8) is 0 Å². The summed E-state index contributed by atoms with van der Waals surface area (Å²) in [7, 11) is 4.52. The molecule has 3 aromatic carbocycles. The van der Waals surface area contributed by atoms with Crippen LogP contribution in [-0.4, -0.2) is 38.1 Å². The van der Waals surface area contributed by atoms with Gasteiger partial charge in [0, 0.05) is 17.7 Å². The van der Waals surface area contributed by atoms with E-state index in [1.54, 1.807) is 36.4 Å². The zero-order valence-electron chi connectivity index (χ0n) is 20.7. The van der Waals surface area contributed by atoms with Gasteiger partial charge >= 0.3 is 0 Å². The lowest BCUT2D eigenvalue weighted by molar-refractivity contribution is 0.0874. The fourth-order valence-electron chi connectivity index (χ4n) is 5.72. The number of hydrogen-bond acceptors (Lipinski definition) is 7. The van der Waals surface area contributed by atoms with E-state index in [1.165, 1.54) is 21.3 Å². The summed E-state index contributed by atoms with van der Waals surface area (Å²) < 4.78 is 16.7. The molecule has 0 amide bonds. The van der Waals surface area contributed by atoms with Crippen molar-refractivity contribution in [3.8, 4) is 29.4 Å². The average Bonchev–Trinajstić information content (AvgIpc) is 3.27. The van der Waals surface area contributed by atoms with E-state index in [0.29, 0.717) is 28.4 Å². The molecule has 3 unspecified atom stereocenters. The number of benzene rings is 3. The highest BCUT2D eigenvalue weighted by atomic mass is 16.5. The second-order valence-corrected chi connectivity index (χ2v) is 9.00. The molecule has 0 aliphatic carbocycles. The molecule has 3 aromatic rings. The van der Waals surface area contributed by atoms with Crippen LogP contribution >= 0.6 is 0 Å². The van der Waals surface area contributed by atoms with Gasteiger partial charge in [-0.1, -0.05) is 54.6 Å². The van der Waals surface area contributed by atoms with Gasteiger partial charge in [-0.05, 0) is 34.9 Å². The van der Waals surface area contributed by atoms with Crippen LogP contribution in [0.3, 0.4) is 0 Å². The van der Waals surface area contributed by atoms with Gasteiger partial charge in [-0.25, -0.2) is 0 Å². The van der Waals surface area contributed by atoms with Crippen LogP contribution in [0, 0.1) is 28.1 Å². The minimum Gasteiger partial charge on any atom is -0.493 e. The number of fused-ring (bicyclic) bond motifs is 3. The number of carbonyl (C=O) groups is 1. The maximum atomic E-state index is 14.2. The standard InChI is InChI=1S/C30H25N3O4/c1-35-23-15-21(16-24(36-2)28(23)37-3)25-26(27(34)20-10-5-4-6-11-20)33-14-13-19-9-7-8-12-22(19)29(33)30(25,17-31)18-32/h4-16,25-26,29H,1-3H3. The maximum Gasteiger partial charge on any atom is 0.203 e. The van der Waals surface area contributed by atoms with E-state index in [9.17, 15) is 15.3 Å². The molecule has 2 heterocycles. The molecule has 3 atom stereocenters. The molecular formula is C30H25N3O4. The number of carbonyl (C=O) groups excluding carboxylic acids is 1. The summed E-state index contributed by atoms with van der Waals surface area (Å²) in [6, 6.07) is 23.3. The number of nitrogens with zero attached hydrogens (tertiary/aromatic N) is 3. The second-order valence-electron chi connectivity index (χ2n) is 9.00. The van der Waals surface area contributed by atoms with E-state index in [2.05, 4.69) is 12.1 Å². The number of hydrogen-bond donors (Lipinski definition) is 0. The van der Waals surface area contributed by atoms with Gasteiger partial charge in [0.05, 0.1) is 39.5 Å². The summed E-state index contributed by atoms with van der Waals surface area (Å²) in [6.45, 7) is 0. The van der Waals surface area contributed by atoms with Crippen LogP contribution in [0.5, 0.6) is 17.2 Å². The Kier molecular flexibility index (Phi) is 6.07. The predicted molar refractivity (Wildman–Crippen MR) is 137 cm³/mol. The molecule has 0 bridgehead atoms. The largest absolute Gasteiger partial charge is 0.493 e. The van der Waals surface area contributed by atoms with Crippen molar-refractivity contribution in [1.29, 1.82) is 10.5 Å². The maximum absolute atomic E-state index is 14.2. The zero-order chi connectivity index (χ0) is 26.2. The summed E-state index contributed by atoms with van der Waals surface area (Å²) in [5.41, 5.74) is 1.22. The first-order chi connectivity index (χ1) is 18.0. The highest BCUT2D eigenvalue weighted by molar-refractivity contribution is 6.01. The van der Waals surface area contributed by atoms with Crippen molar-refractivity contribution < 1.29 is 19.0 Å². The first kappa shape index (κ1) is 24.0. The Hall–Kier alpha value is -4.75. The van der Waals surface area contributed by atoms with E-state index in [0.717, 1.165) is 11.1 Å². The molecule has 5 rings (SSSR count). The molecule has 1 saturated heterocycles. The van der Waals surface area contributed by atoms with Crippen molar-refractivity contribution in [2.24, 2.45) is 5.41 Å². The van der Waals surface area contributed by atoms with Crippen molar-refractivity contribution in [3.05, 3.63) is 95.2 Å². The summed E-state index contributed by atoms with van der Waals surface area (Å²) in [5.74, 6) is 0.146. The smallest absolute Gasteiger partial charge is 0.203 e. The number of Topliss-reactive ketones (excluding diaryl/α,β-unsaturated/α-hetero) is 1. The van der Waals surface area contributed by atoms with Gasteiger partial charge in [0.1, 0.15) is 6.04 Å². The van der Waals surface area contributed by atoms with E-state index >= 15 is 0 Å². The SMILES string of the molecule is COc1cc(C2C(C(=O)c3ccccc3)N3C=Cc4ccccc4C3C2(C#N)C#N)cc(OC)c1OC. The fraction of sp³-hybridized carbons (Fsp3) is 0.233. The molecule has 0 N–H and O–H groups in total. The van der Waals surface area contributed by atoms with E-state index in [4.69, 9.17) is 14.2 Å². The van der Waals surface area contributed by atoms with Gasteiger partial charge in [-0.2, -0.15) is 10.5 Å². The van der Waals surface area contributed by atoms with Crippen LogP contribution in [0.4, 0.5) is 0 Å². The number of methoxy groups -OCH3 is 3. The Morgan fingerprint density at radius 2 is 1.51 bits per heavy atom. The predicted octanol–water partition coefficient (Wildman–Crippen LogP) is 5.12. The first-order valence-electron chi connectivity index (χ1n) is 11.8. The normalized spacial score (nSPS) is 20.7. The van der Waals surface area contributed by atoms with Crippen LogP contribution in [0.1, 0.15) is 39.0 Å². The molecule has 2 aliphatic heterocycles. The zero-order valence-corrected chi connectivity index (χ0v) is 20.7. The number of rotatable bonds is 6. The minimum absolute atomic E-state index is 0.180. The Morgan fingerprint density at radius 1 is 0.892 bits per heavy atom. The molecule has 37 heavy (non-hydrogen) atoms. The molecule has 7 nitrogen and oxygen atoms in total. The summed E-state index contributed by atoms with van der Waals surface area (Å²) in [4.78, 5) is 16.0. The molecule has 0 spiro atoms. The Morgan fingerprint density at radius 3 is 2.11 bits per heavy atom. The number of nitriles is 2. The van der Waals surface area contributed by atoms with E-state index in [1.807, 2.05) is 47.5 Å². The highest BCUT2D eigenvalue weighted by Gasteiger charge is 2.64. The molecular weight excluding hydrogens is 466 g/mol. The van der Waals surface area contributed by atoms with Crippen LogP contribution in [0.15, 0.2) is 72.9 Å². The highest BCUT2D eigenvalue weighted by Crippen LogP contribution is 2.61. The Labute approximate surface area is 215 Å². The summed E-state index contributed by atoms with van der Waals surface area (Å²) >= 11 is 0. The summed E-state index contributed by atoms with van der Waals surface area (Å²) in [5, 5.41) is 21.4. The van der Waals surface area contributed by atoms with Gasteiger partial charge in [-0.3, -0.25) is 4.79 Å². The van der Waals surface area contributed by atoms with Gasteiger partial charge in [0.15, 0.2) is 22.7 Å². The minimum atomic E-state index is -1.60. The van der Waals surface area contributed by atoms with Crippen molar-refractivity contribution in [1.82, 2.24) is 4.90 Å². The molecule has 7 heteroatoms. The lowest BCUT2D eigenvalue weighted by Crippen LogP contribution is -2.37. The van der Waals surface area contributed by atoms with Crippen molar-refractivity contribution in [2.75, 3.05) is 21.3 Å². The second kappa shape index (κ2) is 9.37. The van der Waals surface area contributed by atoms with Crippen LogP contribution < -0.4 is 14.2 Å². The van der Waals surface area contributed by atoms with Gasteiger partial charge in [0.25, 0.3) is 0 Å². The first-order valence-corrected chi connectivity index (χ1v) is 11.8. The Balaban J connectivity index is 1.81. The van der Waals surface area contributed by atoms with Gasteiger partial charge in [0.2, 0.25) is 5.75 Å². The molecule has 1 fully saturated rings. The fourth-order valence-corrected chi connectivity index (χ4v) is 5.72. The van der Waals surface area contributed by atoms with E-state index in [-0.39, 0.29) is 5.78 Å². The molecule has 184 valence electrons. The molecule has 0 saturated carbocycles. The van der Waals surface area contributed by atoms with Crippen molar-refractivity contribution >= 4 is 11.9 Å². The summed E-state index contributed by atoms with van der Waals surface area (Å²) in [6.07, 6.45) is 3.76. The van der Waals surface area contributed by atoms with Crippen molar-refractivity contribution in [2.45, 2.75) is 18.0 Å². The molecule has 0 radical (unpaired) electrons. The van der Waals surface area contributed by atoms with Crippen LogP contribution in [0.2, 0.25) is 0 Å². The van der Waals surface area contributed by atoms with Gasteiger partial charge in [-0.15, -0.1) is 0 Å². The third-order valence-electron chi connectivity index (χ3n) is 7.32. The number of ketones is 1. The van der Waals surface area contributed by atoms with Gasteiger partial charge < -0.3 is 19.1 Å². The third kappa shape index (κ3) is 3.51. The number of ether oxygens (including phenoxy) is 3. The quantitative estimate of drug-likeness (QED) is 0.442. The lowest BCUT2D eigenvalue weighted by atomic mass is 9.67. The lowest BCUT2D eigenvalue weighted by Gasteiger charge is -2.34. The molecule has 0 aromatic heterocycles. The van der Waals surface area contributed by atoms with E-state index < -0.39 is 23.4 Å². The third-order valence-corrected chi connectivity index (χ3v) is 7.32. The average molecular weight is 492 g/mol.